The summed E-state index contributed by atoms with van der Waals surface area (Å²) >= 11 is 0. The van der Waals surface area contributed by atoms with E-state index in [4.69, 9.17) is 51.9 Å². The molecular weight excluding hydrogens is 1900 g/mol. The normalized spacial score (nSPS) is 14.2. The summed E-state index contributed by atoms with van der Waals surface area (Å²) in [6, 6.07) is 2.31. The summed E-state index contributed by atoms with van der Waals surface area (Å²) in [7, 11) is -25.4. The summed E-state index contributed by atoms with van der Waals surface area (Å²) in [6.07, 6.45) is 7.64. The minimum Gasteiger partial charge on any atom is -0.481 e. The predicted molar refractivity (Wildman–Crippen MR) is 434 cm³/mol. The largest absolute Gasteiger partial charge is 0.481 e. The molecular formula is C65H172O18Si10W2Y2. The van der Waals surface area contributed by atoms with Gasteiger partial charge < -0.3 is 62.1 Å². The summed E-state index contributed by atoms with van der Waals surface area (Å²) in [5.74, 6) is -5.52. The van der Waals surface area contributed by atoms with Crippen LogP contribution in [0.1, 0.15) is 202 Å². The minimum atomic E-state index is -3.15. The van der Waals surface area contributed by atoms with Crippen molar-refractivity contribution >= 4 is 109 Å². The molecule has 0 bridgehead atoms. The van der Waals surface area contributed by atoms with Crippen LogP contribution in [0.4, 0.5) is 0 Å². The molecule has 0 aliphatic heterocycles. The Morgan fingerprint density at radius 1 is 0.351 bits per heavy atom. The first kappa shape index (κ1) is 150. The Morgan fingerprint density at radius 2 is 0.629 bits per heavy atom. The Kier molecular flexibility index (Phi) is 107. The number of esters is 2. The van der Waals surface area contributed by atoms with E-state index in [1.807, 2.05) is 39.3 Å². The van der Waals surface area contributed by atoms with Gasteiger partial charge in [-0.1, -0.05) is 169 Å². The van der Waals surface area contributed by atoms with E-state index >= 15 is 0 Å². The van der Waals surface area contributed by atoms with E-state index in [-0.39, 0.29) is 270 Å². The first-order valence-corrected chi connectivity index (χ1v) is 58.7. The molecule has 97 heavy (non-hydrogen) atoms. The summed E-state index contributed by atoms with van der Waals surface area (Å²) in [6.45, 7) is 48.4. The van der Waals surface area contributed by atoms with Crippen molar-refractivity contribution in [2.24, 2.45) is 11.8 Å². The van der Waals surface area contributed by atoms with Crippen molar-refractivity contribution in [3.05, 3.63) is 0 Å². The fourth-order valence-electron chi connectivity index (χ4n) is 9.95. The molecule has 0 aliphatic carbocycles. The molecule has 2 radical (unpaired) electrons. The number of carboxylic acids is 2. The zero-order valence-electron chi connectivity index (χ0n) is 56.0. The van der Waals surface area contributed by atoms with Crippen LogP contribution < -0.4 is 0 Å². The van der Waals surface area contributed by atoms with E-state index < -0.39 is 126 Å². The van der Waals surface area contributed by atoms with Gasteiger partial charge in [-0.3, -0.25) is 19.2 Å². The predicted octanol–water partition coefficient (Wildman–Crippen LogP) is 22.7. The fourth-order valence-corrected chi connectivity index (χ4v) is 57.8. The van der Waals surface area contributed by atoms with Crippen LogP contribution in [-0.4, -0.2) is 158 Å². The van der Waals surface area contributed by atoms with Crippen LogP contribution in [0.15, 0.2) is 0 Å². The second kappa shape index (κ2) is 69.7. The molecule has 0 aromatic carbocycles. The van der Waals surface area contributed by atoms with Crippen molar-refractivity contribution in [2.75, 3.05) is 33.0 Å². The van der Waals surface area contributed by atoms with Gasteiger partial charge in [-0.25, -0.2) is 0 Å². The van der Waals surface area contributed by atoms with Gasteiger partial charge in [-0.2, -0.15) is 0 Å². The van der Waals surface area contributed by atoms with E-state index in [1.165, 1.54) is 0 Å². The fraction of sp³-hybridized carbons (Fsp3) is 0.938. The molecule has 2 N–H and O–H groups in total. The second-order valence-corrected chi connectivity index (χ2v) is 67.1. The first-order valence-electron chi connectivity index (χ1n) is 29.3. The van der Waals surface area contributed by atoms with Gasteiger partial charge in [0, 0.05) is 108 Å². The average molecular weight is 2070 g/mol. The van der Waals surface area contributed by atoms with Crippen molar-refractivity contribution in [3.8, 4) is 0 Å². The van der Waals surface area contributed by atoms with Crippen LogP contribution in [0.5, 0.6) is 0 Å². The first-order chi connectivity index (χ1) is 35.8. The van der Waals surface area contributed by atoms with Gasteiger partial charge in [0.1, 0.15) is 12.7 Å². The third-order valence-corrected chi connectivity index (χ3v) is 48.3. The number of aliphatic carboxylic acids is 2. The van der Waals surface area contributed by atoms with Crippen molar-refractivity contribution < 1.29 is 189 Å². The van der Waals surface area contributed by atoms with Gasteiger partial charge >= 0.3 is 75.2 Å². The Labute approximate surface area is 697 Å². The number of ether oxygens (including phenoxy) is 4. The molecule has 0 aromatic rings. The van der Waals surface area contributed by atoms with Crippen LogP contribution in [0, 0.1) is 11.8 Å². The summed E-state index contributed by atoms with van der Waals surface area (Å²) in [5.41, 5.74) is 0. The van der Waals surface area contributed by atoms with Crippen molar-refractivity contribution in [1.29, 1.82) is 0 Å². The molecule has 18 nitrogen and oxygen atoms in total. The molecule has 0 heterocycles. The number of carbonyl (C=O) groups excluding carboxylic acids is 2. The topological polar surface area (TPSA) is 219 Å². The van der Waals surface area contributed by atoms with Crippen LogP contribution in [0.2, 0.25) is 155 Å². The molecule has 32 heteroatoms. The molecule has 0 amide bonds. The molecule has 0 rings (SSSR count). The van der Waals surface area contributed by atoms with Gasteiger partial charge in [-0.05, 0) is 175 Å². The SMILES string of the molecule is C.C.C.C.C.C.C.C.C.C.C.C.C.C.CCCCCC[Si](C)(O[Si](C)(C)C)O[Si](C)(CCC(CC(=O)OCCOCCOCC(C)OC(=O)CC(CC[Si](C)(O[Si](C)(C)O[Si](C)(C)C)O[Si](C)(CCCCCC)O[Si](C)(C)C)C(=O)O)C(=O)O)O[Si](C)(C)O[Si](C)(C)C.[W].[W].[Y].[Y]. The second-order valence-electron chi connectivity index (χ2n) is 27.0. The maximum Gasteiger partial charge on any atom is 0.317 e. The van der Waals surface area contributed by atoms with Gasteiger partial charge in [0.2, 0.25) is 0 Å². The molecule has 598 valence electrons. The molecule has 0 aliphatic rings. The number of carboxylic acid groups (broad SMARTS) is 2. The van der Waals surface area contributed by atoms with Crippen molar-refractivity contribution in [2.45, 2.75) is 363 Å². The van der Waals surface area contributed by atoms with Gasteiger partial charge in [-0.15, -0.1) is 0 Å². The summed E-state index contributed by atoms with van der Waals surface area (Å²) in [4.78, 5) is 51.5. The van der Waals surface area contributed by atoms with E-state index in [0.717, 1.165) is 63.5 Å². The van der Waals surface area contributed by atoms with Crippen molar-refractivity contribution in [3.63, 3.8) is 0 Å². The van der Waals surface area contributed by atoms with Crippen molar-refractivity contribution in [1.82, 2.24) is 0 Å². The number of hydrogen-bond acceptors (Lipinski definition) is 16. The number of hydrogen-bond donors (Lipinski definition) is 2. The van der Waals surface area contributed by atoms with Crippen LogP contribution in [-0.2, 0) is 179 Å². The Hall–Kier alpha value is 3.23. The summed E-state index contributed by atoms with van der Waals surface area (Å²) in [5, 5.41) is 20.6. The molecule has 7 atom stereocenters. The van der Waals surface area contributed by atoms with Gasteiger partial charge in [0.15, 0.2) is 33.3 Å². The third kappa shape index (κ3) is 80.1. The standard InChI is InChI=1S/C51H116O18Si10.14CH4.2W.2Y/c1-24-26-28-30-38-76(20,64-72(10,11)12)68-78(22,66-74(16,17)62-70(4,5)6)40-32-46(50(54)55)42-48(52)60-37-36-58-34-35-59-44-45(3)61-49(53)43-47(51(56)57)33-41-79(23,67-75(18,19)63-71(7,8)9)69-77(21,65-73(13,14)15)39-31-29-27-25-2;;;;;;;;;;;;;;;;;;/h45-47H,24-44H2,1-23H3,(H,54,55)(H,56,57);14*1H4;;;;. The monoisotopic (exact) mass is 2070 g/mol. The minimum absolute atomic E-state index is 0. The number of carbonyl (C=O) groups is 4. The molecule has 0 fully saturated rings. The number of rotatable bonds is 47. The van der Waals surface area contributed by atoms with Gasteiger partial charge in [0.25, 0.3) is 0 Å². The van der Waals surface area contributed by atoms with Crippen LogP contribution in [0.3, 0.4) is 0 Å². The molecule has 0 spiro atoms. The number of unbranched alkanes of at least 4 members (excludes halogenated alkanes) is 6. The van der Waals surface area contributed by atoms with E-state index in [0.29, 0.717) is 12.1 Å². The third-order valence-electron chi connectivity index (χ3n) is 11.9. The Bertz CT molecular complexity index is 1830. The molecule has 0 saturated carbocycles. The zero-order chi connectivity index (χ0) is 61.4. The van der Waals surface area contributed by atoms with Crippen LogP contribution in [0.25, 0.3) is 0 Å². The van der Waals surface area contributed by atoms with E-state index in [9.17, 15) is 29.4 Å². The maximum atomic E-state index is 13.2. The molecule has 0 saturated heterocycles. The maximum absolute atomic E-state index is 13.2. The quantitative estimate of drug-likeness (QED) is 0.0329. The summed E-state index contributed by atoms with van der Waals surface area (Å²) < 4.78 is 77.5. The average Bonchev–Trinajstić information content (AvgIpc) is 3.21. The van der Waals surface area contributed by atoms with E-state index in [1.54, 1.807) is 6.92 Å². The van der Waals surface area contributed by atoms with Crippen LogP contribution >= 0.6 is 0 Å². The Morgan fingerprint density at radius 3 is 0.918 bits per heavy atom. The molecule has 0 aromatic heterocycles. The molecule has 7 unspecified atom stereocenters. The van der Waals surface area contributed by atoms with Gasteiger partial charge in [0.05, 0.1) is 51.1 Å². The Balaban J connectivity index is -0.000000199. The smallest absolute Gasteiger partial charge is 0.317 e. The zero-order valence-corrected chi connectivity index (χ0v) is 77.5. The van der Waals surface area contributed by atoms with E-state index in [2.05, 4.69) is 106 Å².